The minimum Gasteiger partial charge on any atom is -0.480 e. The van der Waals surface area contributed by atoms with E-state index < -0.39 is 0 Å². The number of benzene rings is 2. The maximum atomic E-state index is 13.2. The number of halogens is 1. The van der Waals surface area contributed by atoms with Gasteiger partial charge in [0.15, 0.2) is 0 Å². The van der Waals surface area contributed by atoms with Crippen molar-refractivity contribution in [2.75, 3.05) is 7.11 Å². The Kier molecular flexibility index (Phi) is 3.65. The number of hydrogen-bond donors (Lipinski definition) is 0. The van der Waals surface area contributed by atoms with Gasteiger partial charge in [-0.1, -0.05) is 0 Å². The molecule has 0 spiro atoms. The lowest BCUT2D eigenvalue weighted by molar-refractivity contribution is 0.396. The van der Waals surface area contributed by atoms with Crippen molar-refractivity contribution in [1.29, 1.82) is 0 Å². The summed E-state index contributed by atoms with van der Waals surface area (Å²) in [7, 11) is 1.57. The van der Waals surface area contributed by atoms with Crippen LogP contribution in [-0.2, 0) is 0 Å². The van der Waals surface area contributed by atoms with Gasteiger partial charge in [0, 0.05) is 10.9 Å². The van der Waals surface area contributed by atoms with Crippen LogP contribution in [0.2, 0.25) is 0 Å². The molecule has 0 amide bonds. The van der Waals surface area contributed by atoms with Crippen LogP contribution in [0.3, 0.4) is 0 Å². The second kappa shape index (κ2) is 5.98. The zero-order chi connectivity index (χ0) is 17.4. The van der Waals surface area contributed by atoms with Crippen LogP contribution in [0.15, 0.2) is 55.0 Å². The Labute approximate surface area is 143 Å². The van der Waals surface area contributed by atoms with Crippen molar-refractivity contribution < 1.29 is 9.13 Å². The molecule has 2 heterocycles. The van der Waals surface area contributed by atoms with Gasteiger partial charge in [0.2, 0.25) is 5.88 Å². The largest absolute Gasteiger partial charge is 0.480 e. The highest BCUT2D eigenvalue weighted by Crippen LogP contribution is 2.29. The highest BCUT2D eigenvalue weighted by molar-refractivity contribution is 5.86. The summed E-state index contributed by atoms with van der Waals surface area (Å²) in [6.45, 7) is 2.01. The average molecular weight is 334 g/mol. The van der Waals surface area contributed by atoms with Crippen LogP contribution in [0.25, 0.3) is 27.8 Å². The van der Waals surface area contributed by atoms with E-state index in [0.29, 0.717) is 5.88 Å². The molecule has 6 heteroatoms. The van der Waals surface area contributed by atoms with Crippen molar-refractivity contribution in [3.8, 4) is 22.8 Å². The number of ether oxygens (including phenoxy) is 1. The van der Waals surface area contributed by atoms with Crippen LogP contribution in [0.4, 0.5) is 4.39 Å². The highest BCUT2D eigenvalue weighted by atomic mass is 19.1. The molecule has 0 saturated heterocycles. The third-order valence-electron chi connectivity index (χ3n) is 4.08. The number of nitrogens with zero attached hydrogens (tertiary/aromatic N) is 4. The minimum absolute atomic E-state index is 0.268. The molecule has 5 nitrogen and oxygen atoms in total. The van der Waals surface area contributed by atoms with Crippen LogP contribution in [0.1, 0.15) is 5.56 Å². The van der Waals surface area contributed by atoms with Crippen molar-refractivity contribution in [2.45, 2.75) is 6.92 Å². The molecule has 2 aromatic carbocycles. The molecule has 124 valence electrons. The lowest BCUT2D eigenvalue weighted by Gasteiger charge is -2.08. The second-order valence-corrected chi connectivity index (χ2v) is 5.71. The Balaban J connectivity index is 1.85. The van der Waals surface area contributed by atoms with Gasteiger partial charge in [-0.25, -0.2) is 14.1 Å². The summed E-state index contributed by atoms with van der Waals surface area (Å²) < 4.78 is 20.1. The molecule has 0 radical (unpaired) electrons. The van der Waals surface area contributed by atoms with E-state index in [1.807, 2.05) is 19.1 Å². The van der Waals surface area contributed by atoms with E-state index in [1.165, 1.54) is 12.1 Å². The molecule has 2 aromatic heterocycles. The number of methoxy groups -OCH3 is 1. The average Bonchev–Trinajstić information content (AvgIpc) is 3.04. The summed E-state index contributed by atoms with van der Waals surface area (Å²) in [6.07, 6.45) is 5.07. The fourth-order valence-corrected chi connectivity index (χ4v) is 2.82. The third kappa shape index (κ3) is 2.71. The van der Waals surface area contributed by atoms with Gasteiger partial charge in [0.1, 0.15) is 5.82 Å². The van der Waals surface area contributed by atoms with Gasteiger partial charge < -0.3 is 4.74 Å². The smallest absolute Gasteiger partial charge is 0.232 e. The summed E-state index contributed by atoms with van der Waals surface area (Å²) in [6, 6.07) is 10.3. The van der Waals surface area contributed by atoms with Gasteiger partial charge in [-0.3, -0.25) is 4.98 Å². The van der Waals surface area contributed by atoms with Crippen LogP contribution in [-0.4, -0.2) is 26.9 Å². The van der Waals surface area contributed by atoms with E-state index in [-0.39, 0.29) is 5.82 Å². The quantitative estimate of drug-likeness (QED) is 0.569. The van der Waals surface area contributed by atoms with Crippen molar-refractivity contribution in [1.82, 2.24) is 19.7 Å². The fraction of sp³-hybridized carbons (Fsp3) is 0.105. The van der Waals surface area contributed by atoms with E-state index in [0.717, 1.165) is 33.4 Å². The number of hydrogen-bond acceptors (Lipinski definition) is 4. The Hall–Kier alpha value is -3.28. The molecular weight excluding hydrogens is 319 g/mol. The summed E-state index contributed by atoms with van der Waals surface area (Å²) in [5, 5.41) is 5.41. The van der Waals surface area contributed by atoms with Gasteiger partial charge in [-0.2, -0.15) is 5.10 Å². The molecule has 0 aliphatic rings. The van der Waals surface area contributed by atoms with Crippen LogP contribution in [0.5, 0.6) is 5.88 Å². The summed E-state index contributed by atoms with van der Waals surface area (Å²) in [5.41, 5.74) is 4.51. The second-order valence-electron chi connectivity index (χ2n) is 5.71. The van der Waals surface area contributed by atoms with Crippen LogP contribution >= 0.6 is 0 Å². The number of aryl methyl sites for hydroxylation is 1. The van der Waals surface area contributed by atoms with E-state index >= 15 is 0 Å². The fourth-order valence-electron chi connectivity index (χ4n) is 2.82. The molecule has 0 N–H and O–H groups in total. The first kappa shape index (κ1) is 15.3. The number of rotatable bonds is 3. The maximum absolute atomic E-state index is 13.2. The van der Waals surface area contributed by atoms with Crippen LogP contribution < -0.4 is 4.74 Å². The predicted octanol–water partition coefficient (Wildman–Crippen LogP) is 3.94. The molecule has 0 saturated carbocycles. The molecule has 0 aliphatic heterocycles. The first-order valence-electron chi connectivity index (χ1n) is 7.76. The normalized spacial score (nSPS) is 11.0. The molecule has 25 heavy (non-hydrogen) atoms. The van der Waals surface area contributed by atoms with Gasteiger partial charge in [-0.15, -0.1) is 0 Å². The van der Waals surface area contributed by atoms with E-state index in [1.54, 1.807) is 42.5 Å². The van der Waals surface area contributed by atoms with Gasteiger partial charge in [0.05, 0.1) is 42.6 Å². The lowest BCUT2D eigenvalue weighted by atomic mass is 10.0. The Morgan fingerprint density at radius 3 is 2.60 bits per heavy atom. The van der Waals surface area contributed by atoms with Crippen LogP contribution in [0, 0.1) is 12.7 Å². The molecule has 0 bridgehead atoms. The number of fused-ring (bicyclic) bond motifs is 1. The first-order valence-corrected chi connectivity index (χ1v) is 7.76. The van der Waals surface area contributed by atoms with E-state index in [4.69, 9.17) is 4.74 Å². The summed E-state index contributed by atoms with van der Waals surface area (Å²) in [4.78, 5) is 8.62. The topological polar surface area (TPSA) is 52.8 Å². The highest BCUT2D eigenvalue weighted by Gasteiger charge is 2.11. The summed E-state index contributed by atoms with van der Waals surface area (Å²) >= 11 is 0. The van der Waals surface area contributed by atoms with Crippen molar-refractivity contribution >= 4 is 10.9 Å². The molecule has 0 fully saturated rings. The molecular formula is C19H15FN4O. The molecule has 0 aliphatic carbocycles. The molecule has 4 rings (SSSR count). The molecule has 4 aromatic rings. The van der Waals surface area contributed by atoms with Gasteiger partial charge in [-0.05, 0) is 48.9 Å². The Morgan fingerprint density at radius 2 is 1.84 bits per heavy atom. The Bertz CT molecular complexity index is 1060. The monoisotopic (exact) mass is 334 g/mol. The van der Waals surface area contributed by atoms with E-state index in [2.05, 4.69) is 15.1 Å². The molecule has 0 unspecified atom stereocenters. The minimum atomic E-state index is -0.268. The van der Waals surface area contributed by atoms with E-state index in [9.17, 15) is 4.39 Å². The zero-order valence-corrected chi connectivity index (χ0v) is 13.8. The standard InChI is InChI=1S/C19H15FN4O/c1-12-7-18-13(8-16(12)17-10-21-11-19(23-17)25-2)9-22-24(18)15-5-3-14(20)4-6-15/h3-11H,1-2H3. The lowest BCUT2D eigenvalue weighted by Crippen LogP contribution is -1.97. The zero-order valence-electron chi connectivity index (χ0n) is 13.8. The van der Waals surface area contributed by atoms with Crippen molar-refractivity contribution in [2.24, 2.45) is 0 Å². The Morgan fingerprint density at radius 1 is 1.04 bits per heavy atom. The van der Waals surface area contributed by atoms with Crippen molar-refractivity contribution in [3.05, 3.63) is 66.4 Å². The number of aromatic nitrogens is 4. The van der Waals surface area contributed by atoms with Crippen molar-refractivity contribution in [3.63, 3.8) is 0 Å². The molecule has 0 atom stereocenters. The first-order chi connectivity index (χ1) is 12.2. The maximum Gasteiger partial charge on any atom is 0.232 e. The predicted molar refractivity (Wildman–Crippen MR) is 93.3 cm³/mol. The van der Waals surface area contributed by atoms with Gasteiger partial charge >= 0.3 is 0 Å². The van der Waals surface area contributed by atoms with Gasteiger partial charge in [0.25, 0.3) is 0 Å². The third-order valence-corrected chi connectivity index (χ3v) is 4.08. The SMILES string of the molecule is COc1cncc(-c2cc3cnn(-c4ccc(F)cc4)c3cc2C)n1. The summed E-state index contributed by atoms with van der Waals surface area (Å²) in [5.74, 6) is 0.203.